The predicted molar refractivity (Wildman–Crippen MR) is 154 cm³/mol. The number of fused-ring (bicyclic) bond motifs is 1. The standard InChI is InChI=1S/C31H33N5O2/c1-21-10-9-13-26(32-21)23-16-14-22(15-17-23)18-35-19-25-27(28(35)33-24-11-7-6-8-12-24)36(20-31(2,3)4)30(38)34(5)29(25)37/h6-17,19,33H,18,20H2,1-5H3. The van der Waals surface area contributed by atoms with Crippen molar-refractivity contribution >= 4 is 22.4 Å². The number of hydrogen-bond acceptors (Lipinski definition) is 4. The Labute approximate surface area is 222 Å². The Morgan fingerprint density at radius 3 is 2.26 bits per heavy atom. The molecule has 0 bridgehead atoms. The number of anilines is 2. The number of aryl methyl sites for hydroxylation is 1. The van der Waals surface area contributed by atoms with Crippen molar-refractivity contribution in [3.63, 3.8) is 0 Å². The second-order valence-corrected chi connectivity index (χ2v) is 11.0. The molecule has 194 valence electrons. The summed E-state index contributed by atoms with van der Waals surface area (Å²) >= 11 is 0. The van der Waals surface area contributed by atoms with Crippen LogP contribution in [0.15, 0.2) is 88.6 Å². The quantitative estimate of drug-likeness (QED) is 0.320. The molecule has 0 atom stereocenters. The summed E-state index contributed by atoms with van der Waals surface area (Å²) in [4.78, 5) is 31.2. The van der Waals surface area contributed by atoms with Crippen LogP contribution in [-0.2, 0) is 20.1 Å². The normalized spacial score (nSPS) is 11.7. The van der Waals surface area contributed by atoms with E-state index in [9.17, 15) is 9.59 Å². The van der Waals surface area contributed by atoms with Crippen LogP contribution in [0, 0.1) is 12.3 Å². The Bertz CT molecular complexity index is 1720. The van der Waals surface area contributed by atoms with Crippen molar-refractivity contribution in [2.75, 3.05) is 5.32 Å². The number of aromatic nitrogens is 4. The summed E-state index contributed by atoms with van der Waals surface area (Å²) < 4.78 is 4.96. The fourth-order valence-electron chi connectivity index (χ4n) is 4.74. The summed E-state index contributed by atoms with van der Waals surface area (Å²) in [5.74, 6) is 0.717. The minimum absolute atomic E-state index is 0.167. The molecule has 7 heteroatoms. The molecule has 3 heterocycles. The SMILES string of the molecule is Cc1cccc(-c2ccc(Cn3cc4c(=O)n(C)c(=O)n(CC(C)(C)C)c4c3Nc3ccccc3)cc2)n1. The maximum atomic E-state index is 13.3. The van der Waals surface area contributed by atoms with Crippen molar-refractivity contribution in [1.29, 1.82) is 0 Å². The lowest BCUT2D eigenvalue weighted by Crippen LogP contribution is -2.39. The largest absolute Gasteiger partial charge is 0.340 e. The summed E-state index contributed by atoms with van der Waals surface area (Å²) in [6, 6.07) is 24.1. The summed E-state index contributed by atoms with van der Waals surface area (Å²) in [6.07, 6.45) is 1.86. The predicted octanol–water partition coefficient (Wildman–Crippen LogP) is 5.71. The fraction of sp³-hybridized carbons (Fsp3) is 0.258. The van der Waals surface area contributed by atoms with Gasteiger partial charge in [-0.25, -0.2) is 4.79 Å². The van der Waals surface area contributed by atoms with Gasteiger partial charge < -0.3 is 9.88 Å². The molecule has 0 aliphatic heterocycles. The van der Waals surface area contributed by atoms with Gasteiger partial charge in [0.1, 0.15) is 11.3 Å². The third-order valence-electron chi connectivity index (χ3n) is 6.53. The Hall–Kier alpha value is -4.39. The van der Waals surface area contributed by atoms with Gasteiger partial charge in [0.25, 0.3) is 5.56 Å². The van der Waals surface area contributed by atoms with Crippen LogP contribution in [0.5, 0.6) is 0 Å². The number of pyridine rings is 1. The molecule has 0 unspecified atom stereocenters. The van der Waals surface area contributed by atoms with Crippen LogP contribution >= 0.6 is 0 Å². The molecule has 0 fully saturated rings. The third kappa shape index (κ3) is 5.05. The van der Waals surface area contributed by atoms with E-state index in [4.69, 9.17) is 0 Å². The molecule has 0 aliphatic rings. The van der Waals surface area contributed by atoms with E-state index in [-0.39, 0.29) is 16.7 Å². The van der Waals surface area contributed by atoms with E-state index in [1.54, 1.807) is 11.6 Å². The van der Waals surface area contributed by atoms with Gasteiger partial charge in [0.15, 0.2) is 0 Å². The molecule has 0 aliphatic carbocycles. The molecule has 0 saturated carbocycles. The first-order valence-electron chi connectivity index (χ1n) is 12.8. The monoisotopic (exact) mass is 507 g/mol. The van der Waals surface area contributed by atoms with Crippen LogP contribution < -0.4 is 16.6 Å². The number of nitrogens with zero attached hydrogens (tertiary/aromatic N) is 4. The van der Waals surface area contributed by atoms with Gasteiger partial charge >= 0.3 is 5.69 Å². The lowest BCUT2D eigenvalue weighted by Gasteiger charge is -2.22. The lowest BCUT2D eigenvalue weighted by atomic mass is 9.97. The lowest BCUT2D eigenvalue weighted by molar-refractivity contribution is 0.338. The number of nitrogens with one attached hydrogen (secondary N) is 1. The number of rotatable bonds is 6. The van der Waals surface area contributed by atoms with Gasteiger partial charge in [-0.05, 0) is 42.2 Å². The van der Waals surface area contributed by atoms with Gasteiger partial charge in [0.2, 0.25) is 0 Å². The second kappa shape index (κ2) is 9.82. The van der Waals surface area contributed by atoms with Crippen molar-refractivity contribution in [2.45, 2.75) is 40.8 Å². The molecular formula is C31H33N5O2. The first kappa shape index (κ1) is 25.3. The van der Waals surface area contributed by atoms with E-state index in [1.807, 2.05) is 66.2 Å². The highest BCUT2D eigenvalue weighted by Gasteiger charge is 2.23. The molecule has 0 saturated heterocycles. The zero-order valence-corrected chi connectivity index (χ0v) is 22.5. The summed E-state index contributed by atoms with van der Waals surface area (Å²) in [7, 11) is 1.54. The van der Waals surface area contributed by atoms with E-state index >= 15 is 0 Å². The Morgan fingerprint density at radius 2 is 1.61 bits per heavy atom. The molecular weight excluding hydrogens is 474 g/mol. The molecule has 5 rings (SSSR count). The Morgan fingerprint density at radius 1 is 0.895 bits per heavy atom. The van der Waals surface area contributed by atoms with E-state index in [0.29, 0.717) is 24.0 Å². The summed E-state index contributed by atoms with van der Waals surface area (Å²) in [5.41, 5.74) is 4.74. The van der Waals surface area contributed by atoms with Crippen molar-refractivity contribution in [3.8, 4) is 11.3 Å². The van der Waals surface area contributed by atoms with Gasteiger partial charge in [-0.15, -0.1) is 0 Å². The molecule has 0 radical (unpaired) electrons. The van der Waals surface area contributed by atoms with Crippen LogP contribution in [0.4, 0.5) is 11.5 Å². The highest BCUT2D eigenvalue weighted by molar-refractivity contribution is 5.91. The van der Waals surface area contributed by atoms with Crippen molar-refractivity contribution in [3.05, 3.63) is 111 Å². The van der Waals surface area contributed by atoms with Crippen LogP contribution in [0.3, 0.4) is 0 Å². The molecule has 0 amide bonds. The molecule has 1 N–H and O–H groups in total. The number of para-hydroxylation sites is 1. The highest BCUT2D eigenvalue weighted by Crippen LogP contribution is 2.30. The highest BCUT2D eigenvalue weighted by atomic mass is 16.2. The van der Waals surface area contributed by atoms with E-state index in [2.05, 4.69) is 55.3 Å². The van der Waals surface area contributed by atoms with Gasteiger partial charge in [0, 0.05) is 43.3 Å². The molecule has 3 aromatic heterocycles. The third-order valence-corrected chi connectivity index (χ3v) is 6.53. The van der Waals surface area contributed by atoms with Crippen LogP contribution in [0.1, 0.15) is 32.0 Å². The Kier molecular flexibility index (Phi) is 6.53. The topological polar surface area (TPSA) is 73.8 Å². The minimum atomic E-state index is -0.318. The fourth-order valence-corrected chi connectivity index (χ4v) is 4.74. The van der Waals surface area contributed by atoms with Gasteiger partial charge in [0.05, 0.1) is 11.1 Å². The average Bonchev–Trinajstić information content (AvgIpc) is 3.23. The van der Waals surface area contributed by atoms with E-state index < -0.39 is 0 Å². The number of hydrogen-bond donors (Lipinski definition) is 1. The van der Waals surface area contributed by atoms with Crippen LogP contribution in [0.2, 0.25) is 0 Å². The smallest absolute Gasteiger partial charge is 0.331 e. The minimum Gasteiger partial charge on any atom is -0.340 e. The van der Waals surface area contributed by atoms with Crippen molar-refractivity contribution in [2.24, 2.45) is 12.5 Å². The maximum absolute atomic E-state index is 13.3. The zero-order chi connectivity index (χ0) is 27.0. The molecule has 7 nitrogen and oxygen atoms in total. The summed E-state index contributed by atoms with van der Waals surface area (Å²) in [6.45, 7) is 9.24. The van der Waals surface area contributed by atoms with Crippen LogP contribution in [-0.4, -0.2) is 18.7 Å². The maximum Gasteiger partial charge on any atom is 0.331 e. The average molecular weight is 508 g/mol. The molecule has 5 aromatic rings. The zero-order valence-electron chi connectivity index (χ0n) is 22.5. The van der Waals surface area contributed by atoms with Gasteiger partial charge in [-0.1, -0.05) is 69.3 Å². The second-order valence-electron chi connectivity index (χ2n) is 11.0. The van der Waals surface area contributed by atoms with E-state index in [1.165, 1.54) is 4.57 Å². The first-order valence-corrected chi connectivity index (χ1v) is 12.8. The van der Waals surface area contributed by atoms with Crippen LogP contribution in [0.25, 0.3) is 22.2 Å². The van der Waals surface area contributed by atoms with Crippen molar-refractivity contribution in [1.82, 2.24) is 18.7 Å². The number of benzene rings is 2. The van der Waals surface area contributed by atoms with E-state index in [0.717, 1.165) is 34.0 Å². The first-order chi connectivity index (χ1) is 18.1. The summed E-state index contributed by atoms with van der Waals surface area (Å²) in [5, 5.41) is 4.01. The molecule has 2 aromatic carbocycles. The Balaban J connectivity index is 1.65. The van der Waals surface area contributed by atoms with Crippen molar-refractivity contribution < 1.29 is 0 Å². The van der Waals surface area contributed by atoms with Gasteiger partial charge in [-0.3, -0.25) is 18.9 Å². The molecule has 38 heavy (non-hydrogen) atoms. The molecule has 0 spiro atoms. The van der Waals surface area contributed by atoms with Gasteiger partial charge in [-0.2, -0.15) is 0 Å².